The van der Waals surface area contributed by atoms with Crippen LogP contribution in [-0.4, -0.2) is 50.5 Å². The quantitative estimate of drug-likeness (QED) is 0.699. The van der Waals surface area contributed by atoms with Crippen molar-refractivity contribution >= 4 is 5.91 Å². The van der Waals surface area contributed by atoms with E-state index in [1.165, 1.54) is 6.07 Å². The second-order valence-corrected chi connectivity index (χ2v) is 6.41. The van der Waals surface area contributed by atoms with E-state index in [1.54, 1.807) is 24.3 Å². The average Bonchev–Trinajstić information content (AvgIpc) is 2.94. The van der Waals surface area contributed by atoms with E-state index in [0.29, 0.717) is 24.3 Å². The lowest BCUT2D eigenvalue weighted by atomic mass is 10.2. The van der Waals surface area contributed by atoms with Gasteiger partial charge in [0, 0.05) is 31.7 Å². The van der Waals surface area contributed by atoms with Crippen molar-refractivity contribution in [2.45, 2.75) is 32.2 Å². The number of aliphatic hydroxyl groups is 2. The third-order valence-corrected chi connectivity index (χ3v) is 4.43. The van der Waals surface area contributed by atoms with Crippen molar-refractivity contribution in [2.75, 3.05) is 19.7 Å². The maximum absolute atomic E-state index is 13.6. The molecule has 140 valence electrons. The summed E-state index contributed by atoms with van der Waals surface area (Å²) < 4.78 is 15.4. The van der Waals surface area contributed by atoms with E-state index < -0.39 is 6.10 Å². The lowest BCUT2D eigenvalue weighted by Crippen LogP contribution is -2.36. The number of halogens is 1. The van der Waals surface area contributed by atoms with E-state index in [0.717, 1.165) is 18.7 Å². The third kappa shape index (κ3) is 4.46. The monoisotopic (exact) mass is 362 g/mol. The highest BCUT2D eigenvalue weighted by molar-refractivity contribution is 5.78. The fraction of sp³-hybridized carbons (Fsp3) is 0.444. The number of hydrogen-bond donors (Lipinski definition) is 3. The highest BCUT2D eigenvalue weighted by Gasteiger charge is 2.20. The summed E-state index contributed by atoms with van der Waals surface area (Å²) in [5, 5.41) is 25.9. The Morgan fingerprint density at radius 1 is 1.35 bits per heavy atom. The first-order chi connectivity index (χ1) is 12.6. The first-order valence-corrected chi connectivity index (χ1v) is 8.65. The van der Waals surface area contributed by atoms with Gasteiger partial charge >= 0.3 is 0 Å². The molecule has 1 aliphatic rings. The molecule has 1 unspecified atom stereocenters. The largest absolute Gasteiger partial charge is 0.393 e. The molecule has 0 aliphatic carbocycles. The van der Waals surface area contributed by atoms with Crippen molar-refractivity contribution in [2.24, 2.45) is 0 Å². The van der Waals surface area contributed by atoms with Crippen LogP contribution in [-0.2, 0) is 24.4 Å². The molecule has 8 heteroatoms. The molecule has 1 aliphatic heterocycles. The zero-order valence-electron chi connectivity index (χ0n) is 14.4. The number of amides is 1. The Morgan fingerprint density at radius 3 is 2.92 bits per heavy atom. The first kappa shape index (κ1) is 18.5. The number of carbonyl (C=O) groups is 1. The van der Waals surface area contributed by atoms with Crippen LogP contribution >= 0.6 is 0 Å². The molecule has 3 N–H and O–H groups in total. The van der Waals surface area contributed by atoms with Crippen molar-refractivity contribution < 1.29 is 19.4 Å². The Morgan fingerprint density at radius 2 is 2.15 bits per heavy atom. The lowest BCUT2D eigenvalue weighted by Gasteiger charge is -2.19. The van der Waals surface area contributed by atoms with Gasteiger partial charge < -0.3 is 15.5 Å². The summed E-state index contributed by atoms with van der Waals surface area (Å²) in [6.07, 6.45) is -0.170. The van der Waals surface area contributed by atoms with Crippen molar-refractivity contribution in [1.82, 2.24) is 20.0 Å². The summed E-state index contributed by atoms with van der Waals surface area (Å²) in [4.78, 5) is 14.2. The minimum absolute atomic E-state index is 0.157. The average molecular weight is 362 g/mol. The SMILES string of the molecule is O=C(CN1CCCn2nc(C(O)CO)cc2C1)NCc1ccccc1F. The molecular formula is C18H23FN4O3. The van der Waals surface area contributed by atoms with Gasteiger partial charge in [-0.1, -0.05) is 18.2 Å². The number of nitrogens with zero attached hydrogens (tertiary/aromatic N) is 3. The van der Waals surface area contributed by atoms with Gasteiger partial charge in [0.15, 0.2) is 0 Å². The first-order valence-electron chi connectivity index (χ1n) is 8.65. The molecule has 0 saturated carbocycles. The second kappa shape index (κ2) is 8.39. The van der Waals surface area contributed by atoms with Crippen LogP contribution in [0.2, 0.25) is 0 Å². The zero-order chi connectivity index (χ0) is 18.5. The van der Waals surface area contributed by atoms with Gasteiger partial charge in [0.2, 0.25) is 5.91 Å². The maximum atomic E-state index is 13.6. The van der Waals surface area contributed by atoms with Gasteiger partial charge in [-0.15, -0.1) is 0 Å². The molecule has 3 rings (SSSR count). The summed E-state index contributed by atoms with van der Waals surface area (Å²) in [6, 6.07) is 8.13. The number of aryl methyl sites for hydroxylation is 1. The Balaban J connectivity index is 1.57. The van der Waals surface area contributed by atoms with Gasteiger partial charge in [-0.2, -0.15) is 5.10 Å². The second-order valence-electron chi connectivity index (χ2n) is 6.41. The molecule has 1 aromatic heterocycles. The molecule has 0 fully saturated rings. The molecule has 2 heterocycles. The fourth-order valence-electron chi connectivity index (χ4n) is 3.04. The van der Waals surface area contributed by atoms with Crippen LogP contribution in [0.1, 0.15) is 29.5 Å². The van der Waals surface area contributed by atoms with Crippen molar-refractivity contribution in [3.63, 3.8) is 0 Å². The van der Waals surface area contributed by atoms with Crippen molar-refractivity contribution in [3.8, 4) is 0 Å². The van der Waals surface area contributed by atoms with E-state index in [1.807, 2.05) is 9.58 Å². The molecule has 1 amide bonds. The Hall–Kier alpha value is -2.29. The molecule has 0 spiro atoms. The molecule has 0 bridgehead atoms. The van der Waals surface area contributed by atoms with E-state index >= 15 is 0 Å². The molecule has 26 heavy (non-hydrogen) atoms. The van der Waals surface area contributed by atoms with Gasteiger partial charge in [-0.25, -0.2) is 4.39 Å². The summed E-state index contributed by atoms with van der Waals surface area (Å²) in [5.41, 5.74) is 1.79. The molecule has 7 nitrogen and oxygen atoms in total. The van der Waals surface area contributed by atoms with Crippen LogP contribution < -0.4 is 5.32 Å². The fourth-order valence-corrected chi connectivity index (χ4v) is 3.04. The van der Waals surface area contributed by atoms with Crippen LogP contribution in [0.25, 0.3) is 0 Å². The van der Waals surface area contributed by atoms with E-state index in [-0.39, 0.29) is 31.4 Å². The standard InChI is InChI=1S/C18H23FN4O3/c19-15-5-2-1-4-13(15)9-20-18(26)11-22-6-3-7-23-14(10-22)8-16(21-23)17(25)12-24/h1-2,4-5,8,17,24-25H,3,6-7,9-12H2,(H,20,26). The Kier molecular flexibility index (Phi) is 5.97. The maximum Gasteiger partial charge on any atom is 0.234 e. The smallest absolute Gasteiger partial charge is 0.234 e. The predicted octanol–water partition coefficient (Wildman–Crippen LogP) is 0.570. The summed E-state index contributed by atoms with van der Waals surface area (Å²) in [7, 11) is 0. The number of hydrogen-bond acceptors (Lipinski definition) is 5. The number of benzene rings is 1. The van der Waals surface area contributed by atoms with Gasteiger partial charge in [0.25, 0.3) is 0 Å². The Bertz CT molecular complexity index is 765. The predicted molar refractivity (Wildman–Crippen MR) is 92.4 cm³/mol. The molecule has 0 radical (unpaired) electrons. The zero-order valence-corrected chi connectivity index (χ0v) is 14.4. The molecule has 1 atom stereocenters. The number of aliphatic hydroxyl groups excluding tert-OH is 2. The Labute approximate surface area is 151 Å². The van der Waals surface area contributed by atoms with Crippen molar-refractivity contribution in [3.05, 3.63) is 53.1 Å². The normalized spacial score (nSPS) is 16.0. The number of fused-ring (bicyclic) bond motifs is 1. The van der Waals surface area contributed by atoms with Crippen molar-refractivity contribution in [1.29, 1.82) is 0 Å². The van der Waals surface area contributed by atoms with E-state index in [2.05, 4.69) is 10.4 Å². The molecule has 1 aromatic carbocycles. The lowest BCUT2D eigenvalue weighted by molar-refractivity contribution is -0.122. The summed E-state index contributed by atoms with van der Waals surface area (Å²) >= 11 is 0. The topological polar surface area (TPSA) is 90.6 Å². The number of rotatable bonds is 6. The van der Waals surface area contributed by atoms with Gasteiger partial charge in [-0.3, -0.25) is 14.4 Å². The molecular weight excluding hydrogens is 339 g/mol. The van der Waals surface area contributed by atoms with Crippen LogP contribution in [0.5, 0.6) is 0 Å². The van der Waals surface area contributed by atoms with Crippen LogP contribution in [0.15, 0.2) is 30.3 Å². The van der Waals surface area contributed by atoms with Crippen LogP contribution in [0, 0.1) is 5.82 Å². The molecule has 0 saturated heterocycles. The number of aromatic nitrogens is 2. The summed E-state index contributed by atoms with van der Waals surface area (Å²) in [5.74, 6) is -0.502. The van der Waals surface area contributed by atoms with Gasteiger partial charge in [-0.05, 0) is 18.6 Å². The van der Waals surface area contributed by atoms with Gasteiger partial charge in [0.05, 0.1) is 24.5 Å². The van der Waals surface area contributed by atoms with Gasteiger partial charge in [0.1, 0.15) is 11.9 Å². The number of carbonyl (C=O) groups excluding carboxylic acids is 1. The highest BCUT2D eigenvalue weighted by atomic mass is 19.1. The van der Waals surface area contributed by atoms with E-state index in [9.17, 15) is 14.3 Å². The number of nitrogens with one attached hydrogen (secondary N) is 1. The minimum atomic E-state index is -0.994. The minimum Gasteiger partial charge on any atom is -0.393 e. The van der Waals surface area contributed by atoms with Crippen LogP contribution in [0.4, 0.5) is 4.39 Å². The third-order valence-electron chi connectivity index (χ3n) is 4.43. The highest BCUT2D eigenvalue weighted by Crippen LogP contribution is 2.17. The summed E-state index contributed by atoms with van der Waals surface area (Å²) in [6.45, 7) is 1.95. The van der Waals surface area contributed by atoms with E-state index in [4.69, 9.17) is 5.11 Å². The molecule has 2 aromatic rings. The van der Waals surface area contributed by atoms with Crippen LogP contribution in [0.3, 0.4) is 0 Å².